The molecule has 5 saturated heterocycles. The zero-order valence-electron chi connectivity index (χ0n) is 71.5. The number of oxazole rings is 2. The molecule has 7 aromatic rings. The van der Waals surface area contributed by atoms with Gasteiger partial charge in [-0.2, -0.15) is 21.6 Å². The topological polar surface area (TPSA) is 435 Å². The number of carboxylic acids is 1. The van der Waals surface area contributed by atoms with Crippen LogP contribution >= 0.6 is 12.4 Å². The normalized spacial score (nSPS) is 19.3. The number of nitrogens with zero attached hydrogens (tertiary/aromatic N) is 8. The van der Waals surface area contributed by atoms with E-state index in [0.29, 0.717) is 83.2 Å². The summed E-state index contributed by atoms with van der Waals surface area (Å²) in [6.07, 6.45) is 5.78. The van der Waals surface area contributed by atoms with Crippen molar-refractivity contribution in [3.05, 3.63) is 234 Å². The van der Waals surface area contributed by atoms with Crippen LogP contribution in [0.5, 0.6) is 0 Å². The molecule has 12 rings (SSSR count). The van der Waals surface area contributed by atoms with E-state index in [1.54, 1.807) is 66.1 Å². The van der Waals surface area contributed by atoms with Crippen LogP contribution in [-0.2, 0) is 106 Å². The predicted octanol–water partition coefficient (Wildman–Crippen LogP) is 12.2. The Morgan fingerprint density at radius 1 is 0.551 bits per heavy atom. The number of carbonyl (C=O) groups excluding carboxylic acids is 8. The fourth-order valence-electron chi connectivity index (χ4n) is 12.4. The molecular formula is C87H114ClF3N11O23PdS-. The van der Waals surface area contributed by atoms with Gasteiger partial charge in [0.1, 0.15) is 60.8 Å². The number of carboxylic acid groups (broad SMARTS) is 1. The number of methoxy groups -OCH3 is 5. The summed E-state index contributed by atoms with van der Waals surface area (Å²) in [6, 6.07) is 46.6. The molecule has 34 nitrogen and oxygen atoms in total. The number of likely N-dealkylation sites (tertiary alicyclic amines) is 3. The molecule has 0 unspecified atom stereocenters. The van der Waals surface area contributed by atoms with E-state index < -0.39 is 63.5 Å². The molecule has 7 heterocycles. The molecule has 5 fully saturated rings. The Morgan fingerprint density at radius 2 is 0.921 bits per heavy atom. The fraction of sp³-hybridized carbons (Fsp3) is 0.437. The summed E-state index contributed by atoms with van der Waals surface area (Å²) < 4.78 is 103. The van der Waals surface area contributed by atoms with Crippen LogP contribution in [0.4, 0.5) is 22.8 Å². The van der Waals surface area contributed by atoms with Gasteiger partial charge >= 0.3 is 63.6 Å². The van der Waals surface area contributed by atoms with Gasteiger partial charge in [0.25, 0.3) is 0 Å². The van der Waals surface area contributed by atoms with Crippen LogP contribution in [0.15, 0.2) is 173 Å². The van der Waals surface area contributed by atoms with E-state index >= 15 is 0 Å². The summed E-state index contributed by atoms with van der Waals surface area (Å²) >= 11 is 0. The van der Waals surface area contributed by atoms with Crippen molar-refractivity contribution in [1.82, 2.24) is 40.6 Å². The number of ether oxygens (including phenoxy) is 7. The summed E-state index contributed by atoms with van der Waals surface area (Å²) in [6.45, 7) is 35.0. The molecule has 127 heavy (non-hydrogen) atoms. The largest absolute Gasteiger partial charge is 0.522 e. The third kappa shape index (κ3) is 39.9. The number of hydrogen-bond acceptors (Lipinski definition) is 26. The first-order valence-electron chi connectivity index (χ1n) is 38.1. The second-order valence-corrected chi connectivity index (χ2v) is 30.9. The maximum Gasteiger partial charge on any atom is 0.522 e. The third-order valence-electron chi connectivity index (χ3n) is 18.2. The summed E-state index contributed by atoms with van der Waals surface area (Å²) in [5, 5.41) is 16.3. The standard InChI is InChI=1S/C22H22N2O3.C15H16N2O3.C14H16N2O2.C12H18N2O4.C7H10N2O2.C7H13NO4.C7H6O.CHF3O3S.CH4.CH3.ClH.H2O.Pd.H2/c1-26-22(25)19-12-18(15-24(19)14-16-8-4-2-5-9-16)21-23-13-20(27-21)17-10-6-3-7-11-17;1-19-15(18)12-7-11(8-16-12)14-17-9-13(20-14)10-5-3-2-4-6-10;1-15-12-8-13(14(17)18-2)16(10-12)9-11-6-4-3-5-7-11;1-12(2,3)18-11(16)14-7-8(13-4)6-9(14)10(15)17-5;1-8-5-3-6(9-4-5)7(10)11-2;1-7(2,3)12-6(11)8-4-5(9)10;8-6-7-4-2-1-3-5-7;2-1(3,4)8(5,6)7;;;;;;/h2-11,13,18-19H,12,14-15H2,1H3;2-6,9,11-12,16H,7-8H2,1H3;3-7,12-13H,8-10H2,2H3;8-9H,6-7H2,1-3,5H3;5-6,9H,3-4H2,2H3;4H2,1-3H3,(H,8,11)(H,9,10);1-6H;(H,5,6,7);1H4;1H3;1H;1H2;;1H/q;;;;;;;;;-1;;;;/t18-,19+;11-,12+;12-,13+;8-,9+;5-,6+;;;;;;;;;/m11111........./s1. The van der Waals surface area contributed by atoms with E-state index in [0.717, 1.165) is 40.1 Å². The molecule has 0 spiro atoms. The zero-order valence-corrected chi connectivity index (χ0v) is 74.7. The van der Waals surface area contributed by atoms with Crippen molar-refractivity contribution in [2.24, 2.45) is 0 Å². The van der Waals surface area contributed by atoms with Crippen LogP contribution in [0.2, 0.25) is 0 Å². The van der Waals surface area contributed by atoms with Gasteiger partial charge < -0.3 is 85.2 Å². The Hall–Kier alpha value is -11.5. The number of esters is 5. The van der Waals surface area contributed by atoms with Crippen molar-refractivity contribution in [2.45, 2.75) is 171 Å². The number of nitrogens with one attached hydrogen (secondary N) is 3. The van der Waals surface area contributed by atoms with E-state index in [2.05, 4.69) is 67.0 Å². The molecule has 40 heteroatoms. The molecule has 5 aromatic carbocycles. The molecule has 5 aliphatic rings. The Labute approximate surface area is 759 Å². The Balaban J connectivity index is 0. The second kappa shape index (κ2) is 57.2. The summed E-state index contributed by atoms with van der Waals surface area (Å²) in [5.41, 5.74) is -1.71. The zero-order chi connectivity index (χ0) is 90.3. The number of alkyl carbamates (subject to hydrolysis) is 1. The Bertz CT molecular complexity index is 4760. The first-order valence-corrected chi connectivity index (χ1v) is 39.5. The van der Waals surface area contributed by atoms with Crippen molar-refractivity contribution in [2.75, 3.05) is 74.8 Å². The molecule has 0 radical (unpaired) electrons. The quantitative estimate of drug-likeness (QED) is 0.0114. The molecule has 10 atom stereocenters. The number of carbonyl (C=O) groups is 9. The van der Waals surface area contributed by atoms with E-state index in [-0.39, 0.29) is 139 Å². The monoisotopic (exact) mass is 1910 g/mol. The van der Waals surface area contributed by atoms with Crippen LogP contribution in [0.3, 0.4) is 0 Å². The van der Waals surface area contributed by atoms with E-state index in [4.69, 9.17) is 70.3 Å². The van der Waals surface area contributed by atoms with E-state index in [9.17, 15) is 56.3 Å². The molecule has 700 valence electrons. The fourth-order valence-corrected chi connectivity index (χ4v) is 12.4. The summed E-state index contributed by atoms with van der Waals surface area (Å²) in [5.74, 6) is 0.475. The number of rotatable bonds is 16. The Morgan fingerprint density at radius 3 is 1.31 bits per heavy atom. The van der Waals surface area contributed by atoms with Gasteiger partial charge in [0.2, 0.25) is 18.1 Å². The van der Waals surface area contributed by atoms with Gasteiger partial charge in [-0.15, -0.1) is 12.4 Å². The molecule has 5 aliphatic heterocycles. The van der Waals surface area contributed by atoms with Gasteiger partial charge in [-0.25, -0.2) is 44.1 Å². The van der Waals surface area contributed by atoms with Crippen molar-refractivity contribution in [1.29, 1.82) is 0 Å². The average Bonchev–Trinajstić information content (AvgIpc) is 1.63. The minimum Gasteiger partial charge on any atom is -0.480 e. The first kappa shape index (κ1) is 115. The predicted molar refractivity (Wildman–Crippen MR) is 463 cm³/mol. The molecule has 0 aliphatic carbocycles. The van der Waals surface area contributed by atoms with Crippen LogP contribution in [0, 0.1) is 27.1 Å². The molecule has 2 amide bonds. The van der Waals surface area contributed by atoms with Gasteiger partial charge in [-0.3, -0.25) is 53.3 Å². The molecule has 0 saturated carbocycles. The van der Waals surface area contributed by atoms with Gasteiger partial charge in [0.05, 0.1) is 92.1 Å². The van der Waals surface area contributed by atoms with Gasteiger partial charge in [-0.05, 0) is 65.5 Å². The maximum absolute atomic E-state index is 12.3. The minimum atomic E-state index is -5.84. The minimum absolute atomic E-state index is 0. The molecular weight excluding hydrogens is 1800 g/mol. The van der Waals surface area contributed by atoms with Gasteiger partial charge in [0.15, 0.2) is 23.3 Å². The summed E-state index contributed by atoms with van der Waals surface area (Å²) in [7, 11) is 1.02. The van der Waals surface area contributed by atoms with Crippen molar-refractivity contribution < 1.29 is 144 Å². The van der Waals surface area contributed by atoms with Crippen LogP contribution in [0.1, 0.15) is 128 Å². The third-order valence-corrected chi connectivity index (χ3v) is 18.8. The number of aliphatic carboxylic acids is 1. The number of amides is 2. The van der Waals surface area contributed by atoms with Crippen molar-refractivity contribution in [3.8, 4) is 22.6 Å². The number of aldehydes is 1. The number of hydrogen-bond donors (Lipinski definition) is 5. The summed E-state index contributed by atoms with van der Waals surface area (Å²) in [4.78, 5) is 125. The van der Waals surface area contributed by atoms with E-state index in [1.165, 1.54) is 46.0 Å². The number of alkyl halides is 3. The average molecular weight is 1910 g/mol. The molecule has 2 aromatic heterocycles. The van der Waals surface area contributed by atoms with Crippen LogP contribution < -0.4 is 16.0 Å². The van der Waals surface area contributed by atoms with Crippen LogP contribution in [0.25, 0.3) is 37.2 Å². The SMILES string of the molecule is C.CC(C)(C)OC(=O)NCC(=O)O.COC(=O)[C@@H]1C[C@@H](c2ncc(-c3ccccc3)o2)CN1.COC(=O)[C@@H]1C[C@@H](c2ncc(-c3ccccc3)o2)CN1Cc1ccccc1.Cl.O.O=Cc1ccccc1.O=S(=O)(O)C(F)(F)F.[C-]#[N+][C@@H]1C[C@@H](C(=O)OC)N(C(=O)OC(C)(C)C)C1.[C-]#[N+][C@@H]1C[C@@H](C(=O)OC)N(Cc2ccccc2)C1.[C-]#[N+][C@H]1CN[C@H](C(=O)OC)C1.[CH3-].[HH].[Pd]. The van der Waals surface area contributed by atoms with Crippen molar-refractivity contribution in [3.63, 3.8) is 0 Å². The first-order chi connectivity index (χ1) is 57.8. The number of aromatic nitrogens is 2. The molecule has 0 bridgehead atoms. The van der Waals surface area contributed by atoms with Crippen LogP contribution in [-0.4, -0.2) is 242 Å². The maximum atomic E-state index is 12.3. The van der Waals surface area contributed by atoms with E-state index in [1.807, 2.05) is 132 Å². The Kier molecular flexibility index (Phi) is 52.0. The van der Waals surface area contributed by atoms with Gasteiger partial charge in [0, 0.05) is 64.7 Å². The number of benzene rings is 5. The second-order valence-electron chi connectivity index (χ2n) is 29.5. The van der Waals surface area contributed by atoms with Crippen molar-refractivity contribution >= 4 is 76.8 Å². The molecule has 7 N–H and O–H groups in total. The smallest absolute Gasteiger partial charge is 0.480 e. The number of halogens is 4. The van der Waals surface area contributed by atoms with Gasteiger partial charge in [-0.1, -0.05) is 159 Å².